The highest BCUT2D eigenvalue weighted by Gasteiger charge is 2.21. The molecule has 10 aromatic rings. The van der Waals surface area contributed by atoms with Crippen molar-refractivity contribution in [3.8, 4) is 55.6 Å². The maximum absolute atomic E-state index is 9.86. The molecule has 0 bridgehead atoms. The van der Waals surface area contributed by atoms with Crippen molar-refractivity contribution in [2.45, 2.75) is 0 Å². The van der Waals surface area contributed by atoms with E-state index in [2.05, 4.69) is 0 Å². The predicted octanol–water partition coefficient (Wildman–Crippen LogP) is 14.2. The molecule has 0 fully saturated rings. The van der Waals surface area contributed by atoms with E-state index < -0.39 is 77.6 Å². The van der Waals surface area contributed by atoms with Crippen LogP contribution in [-0.2, 0) is 0 Å². The maximum Gasteiger partial charge on any atom is 0.136 e. The highest BCUT2D eigenvalue weighted by atomic mass is 16.3. The molecule has 0 amide bonds. The number of rotatable bonds is 5. The van der Waals surface area contributed by atoms with Crippen LogP contribution in [0.2, 0.25) is 0 Å². The summed E-state index contributed by atoms with van der Waals surface area (Å²) in [6.45, 7) is 0. The van der Waals surface area contributed by atoms with E-state index in [9.17, 15) is 9.60 Å². The molecule has 1 heterocycles. The molecule has 1 nitrogen and oxygen atoms in total. The molecule has 0 aliphatic rings. The standard InChI is InChI=1S/C50H32O/c1-4-15-33(16-5-1)36-27-28-44-47(32-36)51-46-26-14-25-45(50(44)46)49-42-23-12-10-21-40(42)48(41-22-11-13-24-43(41)49)39-30-37(34-17-6-2-7-18-34)29-38(31-39)35-19-8-3-9-20-35/h1-32H/i1D,4D,5D,14D,15D,16D,25D,26D,27D,28D,29D,30D,31D,32D. The third-order valence-electron chi connectivity index (χ3n) is 9.13. The summed E-state index contributed by atoms with van der Waals surface area (Å²) in [6.07, 6.45) is 0. The molecule has 1 aromatic heterocycles. The fourth-order valence-corrected chi connectivity index (χ4v) is 6.89. The van der Waals surface area contributed by atoms with Crippen molar-refractivity contribution in [2.75, 3.05) is 0 Å². The molecule has 0 saturated carbocycles. The van der Waals surface area contributed by atoms with Gasteiger partial charge in [-0.15, -0.1) is 0 Å². The second kappa shape index (κ2) is 12.0. The van der Waals surface area contributed by atoms with Crippen LogP contribution in [0.1, 0.15) is 19.2 Å². The molecule has 238 valence electrons. The third-order valence-corrected chi connectivity index (χ3v) is 9.13. The maximum atomic E-state index is 9.86. The first-order valence-electron chi connectivity index (χ1n) is 23.4. The van der Waals surface area contributed by atoms with Gasteiger partial charge < -0.3 is 4.42 Å². The van der Waals surface area contributed by atoms with Gasteiger partial charge in [0.1, 0.15) is 11.2 Å². The van der Waals surface area contributed by atoms with Crippen LogP contribution < -0.4 is 0 Å². The summed E-state index contributed by atoms with van der Waals surface area (Å²) in [5.74, 6) is 0. The normalized spacial score (nSPS) is 15.4. The van der Waals surface area contributed by atoms with E-state index in [0.29, 0.717) is 54.9 Å². The van der Waals surface area contributed by atoms with Gasteiger partial charge in [-0.1, -0.05) is 158 Å². The Hall–Kier alpha value is -6.70. The van der Waals surface area contributed by atoms with Crippen LogP contribution in [0.4, 0.5) is 0 Å². The van der Waals surface area contributed by atoms with Gasteiger partial charge in [0.15, 0.2) is 0 Å². The Labute approximate surface area is 316 Å². The van der Waals surface area contributed by atoms with E-state index in [1.165, 1.54) is 0 Å². The zero-order valence-electron chi connectivity index (χ0n) is 40.8. The summed E-state index contributed by atoms with van der Waals surface area (Å²) in [7, 11) is 0. The number of benzene rings is 9. The first-order chi connectivity index (χ1) is 31.2. The van der Waals surface area contributed by atoms with Gasteiger partial charge in [-0.05, 0) is 113 Å². The minimum atomic E-state index is -0.690. The summed E-state index contributed by atoms with van der Waals surface area (Å²) < 4.78 is 133. The Balaban J connectivity index is 1.37. The smallest absolute Gasteiger partial charge is 0.136 e. The summed E-state index contributed by atoms with van der Waals surface area (Å²) in [5.41, 5.74) is 1.67. The lowest BCUT2D eigenvalue weighted by Crippen LogP contribution is -1.92. The summed E-state index contributed by atoms with van der Waals surface area (Å²) in [4.78, 5) is 0. The third kappa shape index (κ3) is 4.94. The van der Waals surface area contributed by atoms with Crippen molar-refractivity contribution in [3.63, 3.8) is 0 Å². The van der Waals surface area contributed by atoms with E-state index in [1.54, 1.807) is 36.4 Å². The van der Waals surface area contributed by atoms with Gasteiger partial charge in [0.25, 0.3) is 0 Å². The fraction of sp³-hybridized carbons (Fsp3) is 0. The van der Waals surface area contributed by atoms with Crippen molar-refractivity contribution in [2.24, 2.45) is 0 Å². The molecule has 0 atom stereocenters. The van der Waals surface area contributed by atoms with Crippen LogP contribution in [0.15, 0.2) is 198 Å². The predicted molar refractivity (Wildman–Crippen MR) is 216 cm³/mol. The number of furan rings is 1. The Bertz CT molecular complexity index is 3540. The monoisotopic (exact) mass is 662 g/mol. The largest absolute Gasteiger partial charge is 0.456 e. The number of hydrogen-bond donors (Lipinski definition) is 0. The van der Waals surface area contributed by atoms with E-state index in [-0.39, 0.29) is 51.2 Å². The molecule has 0 unspecified atom stereocenters. The quantitative estimate of drug-likeness (QED) is 0.167. The number of hydrogen-bond acceptors (Lipinski definition) is 1. The van der Waals surface area contributed by atoms with Crippen LogP contribution in [0.5, 0.6) is 0 Å². The van der Waals surface area contributed by atoms with Gasteiger partial charge in [0.2, 0.25) is 0 Å². The number of fused-ring (bicyclic) bond motifs is 5. The zero-order chi connectivity index (χ0) is 45.9. The van der Waals surface area contributed by atoms with Gasteiger partial charge in [-0.2, -0.15) is 0 Å². The van der Waals surface area contributed by atoms with Gasteiger partial charge in [0.05, 0.1) is 19.2 Å². The van der Waals surface area contributed by atoms with E-state index in [4.69, 9.17) is 14.0 Å². The van der Waals surface area contributed by atoms with Crippen molar-refractivity contribution < 1.29 is 23.6 Å². The van der Waals surface area contributed by atoms with Gasteiger partial charge in [-0.3, -0.25) is 0 Å². The molecule has 1 heteroatoms. The van der Waals surface area contributed by atoms with Crippen molar-refractivity contribution in [1.82, 2.24) is 0 Å². The molecule has 0 spiro atoms. The lowest BCUT2D eigenvalue weighted by Gasteiger charge is -2.19. The van der Waals surface area contributed by atoms with Gasteiger partial charge in [-0.25, -0.2) is 0 Å². The van der Waals surface area contributed by atoms with Crippen LogP contribution in [0, 0.1) is 0 Å². The minimum absolute atomic E-state index is 0.00677. The van der Waals surface area contributed by atoms with Gasteiger partial charge >= 0.3 is 0 Å². The fourth-order valence-electron chi connectivity index (χ4n) is 6.89. The van der Waals surface area contributed by atoms with E-state index >= 15 is 0 Å². The average molecular weight is 663 g/mol. The summed E-state index contributed by atoms with van der Waals surface area (Å²) in [6, 6.07) is 26.2. The van der Waals surface area contributed by atoms with Crippen LogP contribution in [-0.4, -0.2) is 0 Å². The zero-order valence-corrected chi connectivity index (χ0v) is 26.8. The van der Waals surface area contributed by atoms with Crippen LogP contribution in [0.3, 0.4) is 0 Å². The second-order valence-corrected chi connectivity index (χ2v) is 12.1. The molecule has 0 aliphatic carbocycles. The molecule has 10 rings (SSSR count). The molecule has 0 radical (unpaired) electrons. The molecule has 9 aromatic carbocycles. The summed E-state index contributed by atoms with van der Waals surface area (Å²) >= 11 is 0. The lowest BCUT2D eigenvalue weighted by molar-refractivity contribution is 0.669. The van der Waals surface area contributed by atoms with E-state index in [1.807, 2.05) is 72.8 Å². The molecule has 0 N–H and O–H groups in total. The topological polar surface area (TPSA) is 13.1 Å². The molecular weight excluding hydrogens is 617 g/mol. The van der Waals surface area contributed by atoms with Crippen molar-refractivity contribution in [3.05, 3.63) is 194 Å². The van der Waals surface area contributed by atoms with Crippen LogP contribution in [0.25, 0.3) is 99.1 Å². The Morgan fingerprint density at radius 2 is 0.882 bits per heavy atom. The highest BCUT2D eigenvalue weighted by molar-refractivity contribution is 6.25. The molecular formula is C50H32O. The van der Waals surface area contributed by atoms with Crippen molar-refractivity contribution >= 4 is 43.5 Å². The highest BCUT2D eigenvalue weighted by Crippen LogP contribution is 2.48. The first-order valence-corrected chi connectivity index (χ1v) is 16.4. The average Bonchev–Trinajstić information content (AvgIpc) is 3.72. The van der Waals surface area contributed by atoms with Crippen LogP contribution >= 0.6 is 0 Å². The van der Waals surface area contributed by atoms with E-state index in [0.717, 1.165) is 0 Å². The molecule has 0 aliphatic heterocycles. The molecule has 0 saturated heterocycles. The Morgan fingerprint density at radius 3 is 1.49 bits per heavy atom. The Kier molecular flexibility index (Phi) is 4.32. The van der Waals surface area contributed by atoms with Crippen molar-refractivity contribution in [1.29, 1.82) is 0 Å². The molecule has 51 heavy (non-hydrogen) atoms. The second-order valence-electron chi connectivity index (χ2n) is 12.1. The summed E-state index contributed by atoms with van der Waals surface area (Å²) in [5, 5.41) is 2.01. The lowest BCUT2D eigenvalue weighted by atomic mass is 9.83. The minimum Gasteiger partial charge on any atom is -0.456 e. The van der Waals surface area contributed by atoms with Gasteiger partial charge in [0, 0.05) is 10.8 Å². The first kappa shape index (κ1) is 18.3. The Morgan fingerprint density at radius 1 is 0.333 bits per heavy atom. The SMILES string of the molecule is [2H]c1c([2H])c([2H])c(-c2c([2H])c([2H])c3c(oc4c([2H])c([2H])c([2H])c(-c5c6ccccc6c(-c6c([2H])c(-c7ccccc7)c([2H])c(-c7ccccc7)c6[2H])c6ccccc56)c43)c2[2H])c([2H])c1[2H].